The summed E-state index contributed by atoms with van der Waals surface area (Å²) in [5, 5.41) is 27.8. The summed E-state index contributed by atoms with van der Waals surface area (Å²) in [6.45, 7) is -2.74. The fraction of sp³-hybridized carbons (Fsp3) is 0.375. The summed E-state index contributed by atoms with van der Waals surface area (Å²) < 4.78 is 72.4. The van der Waals surface area contributed by atoms with Gasteiger partial charge in [-0.1, -0.05) is 23.7 Å². The first-order valence-corrected chi connectivity index (χ1v) is 18.3. The lowest BCUT2D eigenvalue weighted by Crippen LogP contribution is -2.48. The number of amidine groups is 1. The summed E-state index contributed by atoms with van der Waals surface area (Å²) in [7, 11) is -3.93. The van der Waals surface area contributed by atoms with Crippen LogP contribution in [0.25, 0.3) is 5.57 Å². The minimum absolute atomic E-state index is 0.0518. The molecule has 17 heteroatoms. The standard InChI is InChI=1S/C32H31ClF3N7O4S2/c33-22-15-18(34)4-5-21(22)27-26(23-8-13-43(40-23)31(35)36)25-16-19(17-42(25)29(39-27)30-38-12-14-48-30)41-49(46,47)20-6-9-32(45,10-7-20)28(44)24-3-1-2-11-37-24/h1-5,8,11-15,19-20,27-28,31,41,44-45H,6-7,9-10,16-17H2/t19?,20?,27-,28?,32?/m0/s1. The monoisotopic (exact) mass is 733 g/mol. The van der Waals surface area contributed by atoms with E-state index in [1.807, 2.05) is 4.90 Å². The number of aromatic nitrogens is 4. The maximum atomic E-state index is 14.1. The third-order valence-electron chi connectivity index (χ3n) is 9.27. The van der Waals surface area contributed by atoms with Crippen LogP contribution in [0.5, 0.6) is 0 Å². The Labute approximate surface area is 288 Å². The van der Waals surface area contributed by atoms with Crippen LogP contribution < -0.4 is 4.72 Å². The maximum absolute atomic E-state index is 14.1. The van der Waals surface area contributed by atoms with Crippen molar-refractivity contribution in [2.75, 3.05) is 6.54 Å². The Morgan fingerprint density at radius 3 is 2.55 bits per heavy atom. The van der Waals surface area contributed by atoms with Crippen molar-refractivity contribution in [1.82, 2.24) is 29.4 Å². The van der Waals surface area contributed by atoms with Gasteiger partial charge in [0.15, 0.2) is 10.8 Å². The highest BCUT2D eigenvalue weighted by molar-refractivity contribution is 7.90. The number of fused-ring (bicyclic) bond motifs is 1. The maximum Gasteiger partial charge on any atom is 0.333 e. The van der Waals surface area contributed by atoms with E-state index in [0.717, 1.165) is 12.3 Å². The molecule has 7 rings (SSSR count). The first kappa shape index (κ1) is 33.8. The third-order valence-corrected chi connectivity index (χ3v) is 12.4. The molecule has 0 amide bonds. The highest BCUT2D eigenvalue weighted by Crippen LogP contribution is 2.47. The predicted molar refractivity (Wildman–Crippen MR) is 177 cm³/mol. The fourth-order valence-corrected chi connectivity index (χ4v) is 9.43. The summed E-state index contributed by atoms with van der Waals surface area (Å²) in [5.41, 5.74) is 0.417. The van der Waals surface area contributed by atoms with Crippen molar-refractivity contribution in [3.63, 3.8) is 0 Å². The zero-order valence-corrected chi connectivity index (χ0v) is 28.1. The quantitative estimate of drug-likeness (QED) is 0.212. The zero-order valence-electron chi connectivity index (χ0n) is 25.7. The molecule has 1 saturated heterocycles. The van der Waals surface area contributed by atoms with Crippen LogP contribution in [0.2, 0.25) is 5.02 Å². The summed E-state index contributed by atoms with van der Waals surface area (Å²) in [6.07, 6.45) is 3.49. The number of rotatable bonds is 9. The summed E-state index contributed by atoms with van der Waals surface area (Å²) >= 11 is 7.85. The molecule has 2 unspecified atom stereocenters. The fourth-order valence-electron chi connectivity index (χ4n) is 6.85. The Kier molecular flexibility index (Phi) is 9.13. The van der Waals surface area contributed by atoms with Crippen molar-refractivity contribution in [1.29, 1.82) is 0 Å². The van der Waals surface area contributed by atoms with Crippen molar-refractivity contribution in [2.45, 2.75) is 67.7 Å². The van der Waals surface area contributed by atoms with Gasteiger partial charge in [-0.2, -0.15) is 13.9 Å². The molecule has 1 aromatic carbocycles. The van der Waals surface area contributed by atoms with Crippen molar-refractivity contribution >= 4 is 44.4 Å². The number of thiazole rings is 1. The van der Waals surface area contributed by atoms with Gasteiger partial charge in [0.25, 0.3) is 0 Å². The van der Waals surface area contributed by atoms with Crippen LogP contribution in [0.4, 0.5) is 13.2 Å². The van der Waals surface area contributed by atoms with Gasteiger partial charge in [0.2, 0.25) is 10.0 Å². The lowest BCUT2D eigenvalue weighted by Gasteiger charge is -2.38. The number of aliphatic imine (C=N–C) groups is 1. The van der Waals surface area contributed by atoms with Gasteiger partial charge in [-0.3, -0.25) is 9.98 Å². The van der Waals surface area contributed by atoms with Crippen LogP contribution in [0, 0.1) is 5.82 Å². The largest absolute Gasteiger partial charge is 0.387 e. The van der Waals surface area contributed by atoms with E-state index in [1.54, 1.807) is 29.8 Å². The van der Waals surface area contributed by atoms with Gasteiger partial charge in [0.05, 0.1) is 22.2 Å². The molecule has 2 aliphatic heterocycles. The van der Waals surface area contributed by atoms with Gasteiger partial charge < -0.3 is 15.1 Å². The van der Waals surface area contributed by atoms with E-state index < -0.39 is 51.4 Å². The van der Waals surface area contributed by atoms with Crippen molar-refractivity contribution in [3.8, 4) is 0 Å². The molecule has 0 spiro atoms. The second kappa shape index (κ2) is 13.2. The van der Waals surface area contributed by atoms with Crippen LogP contribution in [-0.4, -0.2) is 72.6 Å². The highest BCUT2D eigenvalue weighted by Gasteiger charge is 2.46. The van der Waals surface area contributed by atoms with Crippen LogP contribution >= 0.6 is 22.9 Å². The molecule has 3 N–H and O–H groups in total. The lowest BCUT2D eigenvalue weighted by molar-refractivity contribution is -0.100. The normalized spacial score (nSPS) is 25.1. The molecular formula is C32H31ClF3N7O4S2. The number of halogens is 4. The number of aliphatic hydroxyl groups excluding tert-OH is 1. The Bertz CT molecular complexity index is 2000. The average Bonchev–Trinajstić information content (AvgIpc) is 3.86. The zero-order chi connectivity index (χ0) is 34.5. The number of aliphatic hydroxyl groups is 2. The Morgan fingerprint density at radius 2 is 1.90 bits per heavy atom. The molecule has 258 valence electrons. The van der Waals surface area contributed by atoms with Crippen LogP contribution in [0.3, 0.4) is 0 Å². The molecule has 3 aromatic heterocycles. The van der Waals surface area contributed by atoms with Crippen LogP contribution in [0.1, 0.15) is 72.8 Å². The smallest absolute Gasteiger partial charge is 0.333 e. The van der Waals surface area contributed by atoms with E-state index in [-0.39, 0.29) is 49.4 Å². The predicted octanol–water partition coefficient (Wildman–Crippen LogP) is 5.24. The number of nitrogens with zero attached hydrogens (tertiary/aromatic N) is 6. The Morgan fingerprint density at radius 1 is 1.10 bits per heavy atom. The molecule has 1 saturated carbocycles. The molecular weight excluding hydrogens is 703 g/mol. The topological polar surface area (TPSA) is 146 Å². The number of alkyl halides is 2. The summed E-state index contributed by atoms with van der Waals surface area (Å²) in [4.78, 5) is 15.4. The van der Waals surface area contributed by atoms with Crippen LogP contribution in [-0.2, 0) is 10.0 Å². The van der Waals surface area contributed by atoms with Gasteiger partial charge in [-0.25, -0.2) is 27.2 Å². The molecule has 5 heterocycles. The SMILES string of the molecule is O=S(=O)(NC1CC2=C(c3ccn(C(F)F)n3)[C@H](c3ccc(F)cc3Cl)N=C(c3nccs3)N2C1)C1CCC(O)(C(O)c2ccccn2)CC1. The Hall–Kier alpha value is -3.67. The molecule has 3 atom stereocenters. The first-order valence-electron chi connectivity index (χ1n) is 15.5. The van der Waals surface area contributed by atoms with Gasteiger partial charge >= 0.3 is 6.55 Å². The molecule has 2 fully saturated rings. The average molecular weight is 734 g/mol. The summed E-state index contributed by atoms with van der Waals surface area (Å²) in [6, 6.07) is 8.76. The van der Waals surface area contributed by atoms with E-state index in [4.69, 9.17) is 16.6 Å². The Balaban J connectivity index is 1.20. The van der Waals surface area contributed by atoms with E-state index in [9.17, 15) is 31.8 Å². The number of benzene rings is 1. The molecule has 3 aliphatic rings. The van der Waals surface area contributed by atoms with Gasteiger partial charge in [-0.15, -0.1) is 11.3 Å². The van der Waals surface area contributed by atoms with Crippen LogP contribution in [0.15, 0.2) is 77.1 Å². The number of sulfonamides is 1. The lowest BCUT2D eigenvalue weighted by atomic mass is 9.79. The van der Waals surface area contributed by atoms with Gasteiger partial charge in [0.1, 0.15) is 18.0 Å². The highest BCUT2D eigenvalue weighted by atomic mass is 35.5. The minimum Gasteiger partial charge on any atom is -0.387 e. The van der Waals surface area contributed by atoms with E-state index >= 15 is 0 Å². The van der Waals surface area contributed by atoms with E-state index in [2.05, 4.69) is 19.8 Å². The van der Waals surface area contributed by atoms with Crippen molar-refractivity contribution in [3.05, 3.63) is 105 Å². The minimum atomic E-state index is -3.93. The number of pyridine rings is 1. The van der Waals surface area contributed by atoms with Gasteiger partial charge in [0, 0.05) is 64.8 Å². The number of hydrogen-bond acceptors (Lipinski definition) is 10. The number of nitrogens with one attached hydrogen (secondary N) is 1. The third kappa shape index (κ3) is 6.53. The molecule has 0 bridgehead atoms. The molecule has 0 radical (unpaired) electrons. The van der Waals surface area contributed by atoms with Crippen molar-refractivity contribution < 1.29 is 31.8 Å². The number of hydrogen-bond donors (Lipinski definition) is 3. The van der Waals surface area contributed by atoms with E-state index in [0.29, 0.717) is 38.1 Å². The van der Waals surface area contributed by atoms with Gasteiger partial charge in [-0.05, 0) is 56.0 Å². The molecule has 4 aromatic rings. The molecule has 1 aliphatic carbocycles. The molecule has 11 nitrogen and oxygen atoms in total. The molecule has 49 heavy (non-hydrogen) atoms. The second-order valence-electron chi connectivity index (χ2n) is 12.3. The van der Waals surface area contributed by atoms with E-state index in [1.165, 1.54) is 35.7 Å². The second-order valence-corrected chi connectivity index (χ2v) is 15.6. The van der Waals surface area contributed by atoms with Crippen molar-refractivity contribution in [2.24, 2.45) is 4.99 Å². The summed E-state index contributed by atoms with van der Waals surface area (Å²) in [5.74, 6) is -0.130. The first-order chi connectivity index (χ1) is 23.4.